The fraction of sp³-hybridized carbons (Fsp3) is 0.600. The van der Waals surface area contributed by atoms with Gasteiger partial charge in [0.1, 0.15) is 0 Å². The van der Waals surface area contributed by atoms with E-state index in [0.29, 0.717) is 6.04 Å². The first-order chi connectivity index (χ1) is 6.36. The van der Waals surface area contributed by atoms with Gasteiger partial charge in [-0.3, -0.25) is 0 Å². The lowest BCUT2D eigenvalue weighted by atomic mass is 10.2. The van der Waals surface area contributed by atoms with Crippen molar-refractivity contribution >= 4 is 11.3 Å². The molecule has 1 aromatic heterocycles. The first-order valence-corrected chi connectivity index (χ1v) is 5.73. The van der Waals surface area contributed by atoms with E-state index < -0.39 is 0 Å². The molecule has 2 rings (SSSR count). The Morgan fingerprint density at radius 1 is 1.54 bits per heavy atom. The Kier molecular flexibility index (Phi) is 2.98. The molecule has 1 aliphatic carbocycles. The van der Waals surface area contributed by atoms with E-state index in [1.807, 2.05) is 0 Å². The van der Waals surface area contributed by atoms with Gasteiger partial charge in [-0.15, -0.1) is 0 Å². The zero-order valence-corrected chi connectivity index (χ0v) is 8.39. The molecule has 1 heterocycles. The van der Waals surface area contributed by atoms with Gasteiger partial charge in [0.25, 0.3) is 0 Å². The van der Waals surface area contributed by atoms with Crippen molar-refractivity contribution in [3.05, 3.63) is 22.4 Å². The SMILES string of the molecule is O[C@H]1CCC[C@@H]1NCc1ccsc1. The van der Waals surface area contributed by atoms with Gasteiger partial charge in [-0.25, -0.2) is 0 Å². The van der Waals surface area contributed by atoms with Gasteiger partial charge in [0.15, 0.2) is 0 Å². The van der Waals surface area contributed by atoms with E-state index in [1.54, 1.807) is 11.3 Å². The Balaban J connectivity index is 1.79. The second-order valence-corrected chi connectivity index (χ2v) is 4.40. The second-order valence-electron chi connectivity index (χ2n) is 3.62. The Hall–Kier alpha value is -0.380. The molecule has 3 heteroatoms. The fourth-order valence-electron chi connectivity index (χ4n) is 1.82. The standard InChI is InChI=1S/C10H15NOS/c12-10-3-1-2-9(10)11-6-8-4-5-13-7-8/h4-5,7,9-12H,1-3,6H2/t9-,10-/m0/s1. The van der Waals surface area contributed by atoms with Gasteiger partial charge in [-0.1, -0.05) is 0 Å². The van der Waals surface area contributed by atoms with Crippen LogP contribution in [0, 0.1) is 0 Å². The Labute approximate surface area is 82.6 Å². The van der Waals surface area contributed by atoms with Crippen LogP contribution in [0.1, 0.15) is 24.8 Å². The van der Waals surface area contributed by atoms with Gasteiger partial charge in [0.05, 0.1) is 6.10 Å². The summed E-state index contributed by atoms with van der Waals surface area (Å²) in [5, 5.41) is 17.2. The maximum atomic E-state index is 9.56. The maximum Gasteiger partial charge on any atom is 0.0693 e. The van der Waals surface area contributed by atoms with Gasteiger partial charge in [0, 0.05) is 12.6 Å². The van der Waals surface area contributed by atoms with E-state index >= 15 is 0 Å². The van der Waals surface area contributed by atoms with Crippen LogP contribution >= 0.6 is 11.3 Å². The van der Waals surface area contributed by atoms with Gasteiger partial charge in [0.2, 0.25) is 0 Å². The van der Waals surface area contributed by atoms with Gasteiger partial charge >= 0.3 is 0 Å². The van der Waals surface area contributed by atoms with Gasteiger partial charge < -0.3 is 10.4 Å². The summed E-state index contributed by atoms with van der Waals surface area (Å²) in [6, 6.07) is 2.44. The molecule has 1 saturated carbocycles. The summed E-state index contributed by atoms with van der Waals surface area (Å²) in [7, 11) is 0. The van der Waals surface area contributed by atoms with Crippen molar-refractivity contribution in [2.24, 2.45) is 0 Å². The van der Waals surface area contributed by atoms with E-state index in [-0.39, 0.29) is 6.10 Å². The summed E-state index contributed by atoms with van der Waals surface area (Å²) in [5.41, 5.74) is 1.32. The summed E-state index contributed by atoms with van der Waals surface area (Å²) in [5.74, 6) is 0. The topological polar surface area (TPSA) is 32.3 Å². The number of nitrogens with one attached hydrogen (secondary N) is 1. The van der Waals surface area contributed by atoms with E-state index in [4.69, 9.17) is 0 Å². The maximum absolute atomic E-state index is 9.56. The predicted molar refractivity (Wildman–Crippen MR) is 54.8 cm³/mol. The number of thiophene rings is 1. The van der Waals surface area contributed by atoms with Gasteiger partial charge in [-0.05, 0) is 41.7 Å². The first kappa shape index (κ1) is 9.19. The van der Waals surface area contributed by atoms with Crippen LogP contribution in [-0.4, -0.2) is 17.3 Å². The molecular weight excluding hydrogens is 182 g/mol. The second kappa shape index (κ2) is 4.22. The van der Waals surface area contributed by atoms with Crippen LogP contribution in [0.2, 0.25) is 0 Å². The van der Waals surface area contributed by atoms with Gasteiger partial charge in [-0.2, -0.15) is 11.3 Å². The molecule has 0 bridgehead atoms. The van der Waals surface area contributed by atoms with Crippen molar-refractivity contribution in [2.45, 2.75) is 38.0 Å². The number of hydrogen-bond acceptors (Lipinski definition) is 3. The Morgan fingerprint density at radius 3 is 3.08 bits per heavy atom. The number of aliphatic hydroxyl groups excluding tert-OH is 1. The highest BCUT2D eigenvalue weighted by Crippen LogP contribution is 2.19. The summed E-state index contributed by atoms with van der Waals surface area (Å²) in [4.78, 5) is 0. The third kappa shape index (κ3) is 2.30. The highest BCUT2D eigenvalue weighted by atomic mass is 32.1. The molecule has 0 saturated heterocycles. The lowest BCUT2D eigenvalue weighted by Crippen LogP contribution is -2.34. The molecule has 2 atom stereocenters. The molecule has 2 nitrogen and oxygen atoms in total. The average molecular weight is 197 g/mol. The molecule has 0 aliphatic heterocycles. The third-order valence-corrected chi connectivity index (χ3v) is 3.36. The van der Waals surface area contributed by atoms with E-state index in [9.17, 15) is 5.11 Å². The fourth-order valence-corrected chi connectivity index (χ4v) is 2.49. The minimum Gasteiger partial charge on any atom is -0.392 e. The third-order valence-electron chi connectivity index (χ3n) is 2.63. The molecule has 0 amide bonds. The van der Waals surface area contributed by atoms with E-state index in [1.165, 1.54) is 5.56 Å². The number of rotatable bonds is 3. The summed E-state index contributed by atoms with van der Waals surface area (Å²) in [6.07, 6.45) is 3.10. The lowest BCUT2D eigenvalue weighted by molar-refractivity contribution is 0.148. The summed E-state index contributed by atoms with van der Waals surface area (Å²) in [6.45, 7) is 0.894. The van der Waals surface area contributed by atoms with E-state index in [2.05, 4.69) is 22.1 Å². The van der Waals surface area contributed by atoms with Crippen molar-refractivity contribution in [3.63, 3.8) is 0 Å². The van der Waals surface area contributed by atoms with Crippen molar-refractivity contribution in [2.75, 3.05) is 0 Å². The average Bonchev–Trinajstić information content (AvgIpc) is 2.72. The highest BCUT2D eigenvalue weighted by Gasteiger charge is 2.24. The molecule has 13 heavy (non-hydrogen) atoms. The van der Waals surface area contributed by atoms with Crippen LogP contribution in [0.25, 0.3) is 0 Å². The van der Waals surface area contributed by atoms with Crippen molar-refractivity contribution in [1.82, 2.24) is 5.32 Å². The van der Waals surface area contributed by atoms with Crippen LogP contribution < -0.4 is 5.32 Å². The normalized spacial score (nSPS) is 28.1. The van der Waals surface area contributed by atoms with Crippen molar-refractivity contribution in [3.8, 4) is 0 Å². The molecule has 0 aromatic carbocycles. The zero-order chi connectivity index (χ0) is 9.10. The predicted octanol–water partition coefficient (Wildman–Crippen LogP) is 1.75. The smallest absolute Gasteiger partial charge is 0.0693 e. The molecule has 1 fully saturated rings. The zero-order valence-electron chi connectivity index (χ0n) is 7.57. The molecule has 0 radical (unpaired) electrons. The molecular formula is C10H15NOS. The van der Waals surface area contributed by atoms with Crippen LogP contribution in [0.4, 0.5) is 0 Å². The van der Waals surface area contributed by atoms with Crippen molar-refractivity contribution in [1.29, 1.82) is 0 Å². The number of hydrogen-bond donors (Lipinski definition) is 2. The Morgan fingerprint density at radius 2 is 2.46 bits per heavy atom. The van der Waals surface area contributed by atoms with Crippen LogP contribution in [0.5, 0.6) is 0 Å². The number of aliphatic hydroxyl groups is 1. The van der Waals surface area contributed by atoms with Crippen LogP contribution in [-0.2, 0) is 6.54 Å². The van der Waals surface area contributed by atoms with Crippen molar-refractivity contribution < 1.29 is 5.11 Å². The molecule has 1 aliphatic rings. The molecule has 1 aromatic rings. The summed E-state index contributed by atoms with van der Waals surface area (Å²) < 4.78 is 0. The Bertz CT molecular complexity index is 247. The lowest BCUT2D eigenvalue weighted by Gasteiger charge is -2.15. The van der Waals surface area contributed by atoms with Crippen LogP contribution in [0.3, 0.4) is 0 Å². The monoisotopic (exact) mass is 197 g/mol. The van der Waals surface area contributed by atoms with Crippen LogP contribution in [0.15, 0.2) is 16.8 Å². The largest absolute Gasteiger partial charge is 0.392 e. The highest BCUT2D eigenvalue weighted by molar-refractivity contribution is 7.07. The minimum atomic E-state index is -0.126. The molecule has 72 valence electrons. The minimum absolute atomic E-state index is 0.126. The molecule has 0 spiro atoms. The first-order valence-electron chi connectivity index (χ1n) is 4.79. The summed E-state index contributed by atoms with van der Waals surface area (Å²) >= 11 is 1.72. The van der Waals surface area contributed by atoms with E-state index in [0.717, 1.165) is 25.8 Å². The molecule has 2 N–H and O–H groups in total. The quantitative estimate of drug-likeness (QED) is 0.773. The molecule has 0 unspecified atom stereocenters.